The third-order valence-corrected chi connectivity index (χ3v) is 3.29. The van der Waals surface area contributed by atoms with Crippen LogP contribution < -0.4 is 5.32 Å². The normalized spacial score (nSPS) is 10.3. The van der Waals surface area contributed by atoms with E-state index in [0.717, 1.165) is 22.2 Å². The van der Waals surface area contributed by atoms with E-state index < -0.39 is 11.6 Å². The van der Waals surface area contributed by atoms with Crippen LogP contribution in [0.2, 0.25) is 0 Å². The number of benzene rings is 2. The van der Waals surface area contributed by atoms with Gasteiger partial charge in [-0.25, -0.2) is 8.78 Å². The fourth-order valence-electron chi connectivity index (χ4n) is 1.59. The van der Waals surface area contributed by atoms with E-state index in [-0.39, 0.29) is 18.0 Å². The van der Waals surface area contributed by atoms with Gasteiger partial charge in [0.2, 0.25) is 5.91 Å². The SMILES string of the molecule is O=C(Cc1ccccc1Br)Nc1ccc(F)c(F)c1. The summed E-state index contributed by atoms with van der Waals surface area (Å²) in [6.07, 6.45) is 0.153. The average molecular weight is 326 g/mol. The Morgan fingerprint density at radius 2 is 1.84 bits per heavy atom. The van der Waals surface area contributed by atoms with Gasteiger partial charge in [0.15, 0.2) is 11.6 Å². The van der Waals surface area contributed by atoms with Crippen molar-refractivity contribution in [2.45, 2.75) is 6.42 Å². The second kappa shape index (κ2) is 5.93. The van der Waals surface area contributed by atoms with Crippen molar-refractivity contribution in [2.24, 2.45) is 0 Å². The number of halogens is 3. The Morgan fingerprint density at radius 1 is 1.11 bits per heavy atom. The minimum atomic E-state index is -0.987. The van der Waals surface area contributed by atoms with E-state index in [1.165, 1.54) is 6.07 Å². The van der Waals surface area contributed by atoms with Crippen molar-refractivity contribution < 1.29 is 13.6 Å². The molecule has 1 amide bonds. The second-order valence-electron chi connectivity index (χ2n) is 3.95. The Morgan fingerprint density at radius 3 is 2.53 bits per heavy atom. The van der Waals surface area contributed by atoms with Gasteiger partial charge in [-0.2, -0.15) is 0 Å². The third-order valence-electron chi connectivity index (χ3n) is 2.51. The lowest BCUT2D eigenvalue weighted by Crippen LogP contribution is -2.14. The Kier molecular flexibility index (Phi) is 4.27. The fourth-order valence-corrected chi connectivity index (χ4v) is 2.02. The van der Waals surface area contributed by atoms with Crippen molar-refractivity contribution in [3.8, 4) is 0 Å². The molecule has 0 aromatic heterocycles. The first kappa shape index (κ1) is 13.7. The van der Waals surface area contributed by atoms with Gasteiger partial charge in [-0.15, -0.1) is 0 Å². The largest absolute Gasteiger partial charge is 0.326 e. The van der Waals surface area contributed by atoms with Crippen LogP contribution in [-0.2, 0) is 11.2 Å². The van der Waals surface area contributed by atoms with E-state index >= 15 is 0 Å². The molecule has 0 unspecified atom stereocenters. The molecule has 19 heavy (non-hydrogen) atoms. The predicted octanol–water partition coefficient (Wildman–Crippen LogP) is 3.91. The predicted molar refractivity (Wildman–Crippen MR) is 72.8 cm³/mol. The fraction of sp³-hybridized carbons (Fsp3) is 0.0714. The first-order valence-electron chi connectivity index (χ1n) is 5.54. The Balaban J connectivity index is 2.05. The maximum atomic E-state index is 13.0. The standard InChI is InChI=1S/C14H10BrF2NO/c15-11-4-2-1-3-9(11)7-14(19)18-10-5-6-12(16)13(17)8-10/h1-6,8H,7H2,(H,18,19). The summed E-state index contributed by atoms with van der Waals surface area (Å²) in [6, 6.07) is 10.6. The van der Waals surface area contributed by atoms with Crippen LogP contribution >= 0.6 is 15.9 Å². The number of amides is 1. The summed E-state index contributed by atoms with van der Waals surface area (Å²) in [7, 11) is 0. The van der Waals surface area contributed by atoms with E-state index in [4.69, 9.17) is 0 Å². The minimum absolute atomic E-state index is 0.153. The lowest BCUT2D eigenvalue weighted by molar-refractivity contribution is -0.115. The average Bonchev–Trinajstić information content (AvgIpc) is 2.37. The number of anilines is 1. The Hall–Kier alpha value is -1.75. The summed E-state index contributed by atoms with van der Waals surface area (Å²) in [5.74, 6) is -2.22. The van der Waals surface area contributed by atoms with Gasteiger partial charge in [0.1, 0.15) is 0 Å². The number of carbonyl (C=O) groups is 1. The molecule has 2 rings (SSSR count). The zero-order valence-corrected chi connectivity index (χ0v) is 11.4. The molecule has 0 aliphatic rings. The van der Waals surface area contributed by atoms with Gasteiger partial charge < -0.3 is 5.32 Å². The van der Waals surface area contributed by atoms with Crippen LogP contribution in [0.25, 0.3) is 0 Å². The molecule has 2 aromatic rings. The van der Waals surface area contributed by atoms with Crippen molar-refractivity contribution in [2.75, 3.05) is 5.32 Å². The molecule has 0 heterocycles. The van der Waals surface area contributed by atoms with E-state index in [9.17, 15) is 13.6 Å². The van der Waals surface area contributed by atoms with Gasteiger partial charge in [-0.1, -0.05) is 34.1 Å². The van der Waals surface area contributed by atoms with Crippen LogP contribution in [0.1, 0.15) is 5.56 Å². The van der Waals surface area contributed by atoms with Crippen molar-refractivity contribution in [3.05, 3.63) is 64.1 Å². The van der Waals surface area contributed by atoms with Crippen molar-refractivity contribution in [1.82, 2.24) is 0 Å². The summed E-state index contributed by atoms with van der Waals surface area (Å²) in [5, 5.41) is 2.52. The van der Waals surface area contributed by atoms with E-state index in [1.54, 1.807) is 0 Å². The smallest absolute Gasteiger partial charge is 0.228 e. The van der Waals surface area contributed by atoms with Crippen molar-refractivity contribution in [1.29, 1.82) is 0 Å². The molecule has 2 nitrogen and oxygen atoms in total. The third kappa shape index (κ3) is 3.61. The maximum absolute atomic E-state index is 13.0. The molecule has 0 bridgehead atoms. The summed E-state index contributed by atoms with van der Waals surface area (Å²) >= 11 is 3.34. The van der Waals surface area contributed by atoms with E-state index in [1.807, 2.05) is 24.3 Å². The number of rotatable bonds is 3. The van der Waals surface area contributed by atoms with Crippen LogP contribution in [0, 0.1) is 11.6 Å². The lowest BCUT2D eigenvalue weighted by Gasteiger charge is -2.07. The van der Waals surface area contributed by atoms with Crippen LogP contribution in [0.3, 0.4) is 0 Å². The molecule has 0 atom stereocenters. The Labute approximate surface area is 117 Å². The zero-order chi connectivity index (χ0) is 13.8. The topological polar surface area (TPSA) is 29.1 Å². The summed E-state index contributed by atoms with van der Waals surface area (Å²) < 4.78 is 26.6. The minimum Gasteiger partial charge on any atom is -0.326 e. The molecule has 98 valence electrons. The number of hydrogen-bond acceptors (Lipinski definition) is 1. The van der Waals surface area contributed by atoms with Crippen molar-refractivity contribution in [3.63, 3.8) is 0 Å². The summed E-state index contributed by atoms with van der Waals surface area (Å²) in [4.78, 5) is 11.8. The molecule has 1 N–H and O–H groups in total. The summed E-state index contributed by atoms with van der Waals surface area (Å²) in [6.45, 7) is 0. The highest BCUT2D eigenvalue weighted by atomic mass is 79.9. The van der Waals surface area contributed by atoms with Gasteiger partial charge in [0.05, 0.1) is 6.42 Å². The monoisotopic (exact) mass is 325 g/mol. The van der Waals surface area contributed by atoms with Gasteiger partial charge in [0.25, 0.3) is 0 Å². The molecule has 0 fully saturated rings. The zero-order valence-electron chi connectivity index (χ0n) is 9.79. The van der Waals surface area contributed by atoms with E-state index in [0.29, 0.717) is 0 Å². The highest BCUT2D eigenvalue weighted by Gasteiger charge is 2.08. The number of nitrogens with one attached hydrogen (secondary N) is 1. The van der Waals surface area contributed by atoms with Gasteiger partial charge in [-0.3, -0.25) is 4.79 Å². The van der Waals surface area contributed by atoms with Crippen molar-refractivity contribution >= 4 is 27.5 Å². The van der Waals surface area contributed by atoms with E-state index in [2.05, 4.69) is 21.2 Å². The second-order valence-corrected chi connectivity index (χ2v) is 4.80. The molecule has 0 radical (unpaired) electrons. The molecule has 0 saturated carbocycles. The van der Waals surface area contributed by atoms with Gasteiger partial charge in [-0.05, 0) is 23.8 Å². The van der Waals surface area contributed by atoms with Crippen LogP contribution in [-0.4, -0.2) is 5.91 Å². The lowest BCUT2D eigenvalue weighted by atomic mass is 10.1. The Bertz CT molecular complexity index is 616. The summed E-state index contributed by atoms with van der Waals surface area (Å²) in [5.41, 5.74) is 1.05. The highest BCUT2D eigenvalue weighted by Crippen LogP contribution is 2.18. The quantitative estimate of drug-likeness (QED) is 0.910. The molecule has 5 heteroatoms. The molecule has 2 aromatic carbocycles. The molecule has 0 spiro atoms. The number of hydrogen-bond donors (Lipinski definition) is 1. The molecular weight excluding hydrogens is 316 g/mol. The molecule has 0 aliphatic heterocycles. The van der Waals surface area contributed by atoms with Crippen LogP contribution in [0.4, 0.5) is 14.5 Å². The highest BCUT2D eigenvalue weighted by molar-refractivity contribution is 9.10. The van der Waals surface area contributed by atoms with Crippen LogP contribution in [0.5, 0.6) is 0 Å². The first-order valence-corrected chi connectivity index (χ1v) is 6.34. The van der Waals surface area contributed by atoms with Gasteiger partial charge >= 0.3 is 0 Å². The molecule has 0 aliphatic carbocycles. The van der Waals surface area contributed by atoms with Gasteiger partial charge in [0, 0.05) is 16.2 Å². The molecule has 0 saturated heterocycles. The van der Waals surface area contributed by atoms with Crippen LogP contribution in [0.15, 0.2) is 46.9 Å². The first-order chi connectivity index (χ1) is 9.06. The number of carbonyl (C=O) groups excluding carboxylic acids is 1. The molecular formula is C14H10BrF2NO. The maximum Gasteiger partial charge on any atom is 0.228 e.